The highest BCUT2D eigenvalue weighted by molar-refractivity contribution is 5.73. The molecule has 78 valence electrons. The molecular formula is C10H16N2O2. The Balaban J connectivity index is 2.50. The SMILES string of the molecule is CCC(NC1CCCC1C#N)C(=O)O. The van der Waals surface area contributed by atoms with Crippen molar-refractivity contribution < 1.29 is 9.90 Å². The van der Waals surface area contributed by atoms with E-state index in [4.69, 9.17) is 10.4 Å². The van der Waals surface area contributed by atoms with E-state index in [2.05, 4.69) is 11.4 Å². The molecule has 4 heteroatoms. The predicted molar refractivity (Wildman–Crippen MR) is 51.6 cm³/mol. The van der Waals surface area contributed by atoms with Crippen LogP contribution in [-0.2, 0) is 4.79 Å². The zero-order valence-corrected chi connectivity index (χ0v) is 8.36. The van der Waals surface area contributed by atoms with E-state index in [1.54, 1.807) is 0 Å². The Kier molecular flexibility index (Phi) is 3.90. The summed E-state index contributed by atoms with van der Waals surface area (Å²) >= 11 is 0. The van der Waals surface area contributed by atoms with Crippen LogP contribution in [0.2, 0.25) is 0 Å². The maximum Gasteiger partial charge on any atom is 0.320 e. The molecule has 0 bridgehead atoms. The normalized spacial score (nSPS) is 28.3. The van der Waals surface area contributed by atoms with Crippen LogP contribution in [-0.4, -0.2) is 23.2 Å². The number of rotatable bonds is 4. The zero-order valence-electron chi connectivity index (χ0n) is 8.36. The van der Waals surface area contributed by atoms with Crippen LogP contribution in [0.5, 0.6) is 0 Å². The molecule has 0 aromatic rings. The van der Waals surface area contributed by atoms with Gasteiger partial charge >= 0.3 is 5.97 Å². The quantitative estimate of drug-likeness (QED) is 0.707. The fourth-order valence-corrected chi connectivity index (χ4v) is 1.94. The van der Waals surface area contributed by atoms with Crippen LogP contribution in [0.4, 0.5) is 0 Å². The summed E-state index contributed by atoms with van der Waals surface area (Å²) in [5.74, 6) is -0.834. The second kappa shape index (κ2) is 4.97. The molecule has 1 saturated carbocycles. The Bertz CT molecular complexity index is 247. The number of nitriles is 1. The first-order valence-electron chi connectivity index (χ1n) is 5.07. The Hall–Kier alpha value is -1.08. The van der Waals surface area contributed by atoms with E-state index >= 15 is 0 Å². The van der Waals surface area contributed by atoms with Gasteiger partial charge < -0.3 is 10.4 Å². The summed E-state index contributed by atoms with van der Waals surface area (Å²) in [6.07, 6.45) is 3.39. The molecule has 0 aliphatic heterocycles. The van der Waals surface area contributed by atoms with Crippen molar-refractivity contribution in [3.05, 3.63) is 0 Å². The van der Waals surface area contributed by atoms with Crippen molar-refractivity contribution in [3.8, 4) is 6.07 Å². The van der Waals surface area contributed by atoms with Crippen LogP contribution in [0, 0.1) is 17.2 Å². The van der Waals surface area contributed by atoms with E-state index in [1.807, 2.05) is 6.92 Å². The van der Waals surface area contributed by atoms with Crippen molar-refractivity contribution in [3.63, 3.8) is 0 Å². The summed E-state index contributed by atoms with van der Waals surface area (Å²) in [4.78, 5) is 10.8. The van der Waals surface area contributed by atoms with Crippen molar-refractivity contribution in [2.75, 3.05) is 0 Å². The number of aliphatic carboxylic acids is 1. The summed E-state index contributed by atoms with van der Waals surface area (Å²) in [6, 6.07) is 1.79. The highest BCUT2D eigenvalue weighted by atomic mass is 16.4. The van der Waals surface area contributed by atoms with Gasteiger partial charge in [0.05, 0.1) is 12.0 Å². The van der Waals surface area contributed by atoms with Gasteiger partial charge in [-0.05, 0) is 19.3 Å². The van der Waals surface area contributed by atoms with Gasteiger partial charge in [-0.15, -0.1) is 0 Å². The van der Waals surface area contributed by atoms with Crippen LogP contribution in [0.25, 0.3) is 0 Å². The first-order valence-corrected chi connectivity index (χ1v) is 5.07. The number of nitrogens with one attached hydrogen (secondary N) is 1. The van der Waals surface area contributed by atoms with Crippen LogP contribution < -0.4 is 5.32 Å². The fourth-order valence-electron chi connectivity index (χ4n) is 1.94. The summed E-state index contributed by atoms with van der Waals surface area (Å²) < 4.78 is 0. The number of hydrogen-bond acceptors (Lipinski definition) is 3. The molecule has 1 rings (SSSR count). The highest BCUT2D eigenvalue weighted by Crippen LogP contribution is 2.25. The van der Waals surface area contributed by atoms with Crippen molar-refractivity contribution in [1.29, 1.82) is 5.26 Å². The standard InChI is InChI=1S/C10H16N2O2/c1-2-8(10(13)14)12-9-5-3-4-7(9)6-11/h7-9,12H,2-5H2,1H3,(H,13,14). The van der Waals surface area contributed by atoms with E-state index in [0.29, 0.717) is 6.42 Å². The van der Waals surface area contributed by atoms with E-state index < -0.39 is 12.0 Å². The van der Waals surface area contributed by atoms with Crippen LogP contribution >= 0.6 is 0 Å². The molecule has 0 spiro atoms. The van der Waals surface area contributed by atoms with E-state index in [1.165, 1.54) is 0 Å². The first-order chi connectivity index (χ1) is 6.69. The minimum Gasteiger partial charge on any atom is -0.480 e. The Morgan fingerprint density at radius 1 is 1.71 bits per heavy atom. The molecule has 2 N–H and O–H groups in total. The zero-order chi connectivity index (χ0) is 10.6. The lowest BCUT2D eigenvalue weighted by atomic mass is 10.0. The molecule has 0 radical (unpaired) electrons. The maximum atomic E-state index is 10.8. The highest BCUT2D eigenvalue weighted by Gasteiger charge is 2.30. The van der Waals surface area contributed by atoms with Gasteiger partial charge in [-0.2, -0.15) is 5.26 Å². The molecule has 0 heterocycles. The van der Waals surface area contributed by atoms with Gasteiger partial charge in [-0.1, -0.05) is 13.3 Å². The monoisotopic (exact) mass is 196 g/mol. The van der Waals surface area contributed by atoms with Crippen molar-refractivity contribution in [2.24, 2.45) is 5.92 Å². The average Bonchev–Trinajstić information content (AvgIpc) is 2.60. The molecule has 1 aliphatic rings. The molecule has 3 unspecified atom stereocenters. The van der Waals surface area contributed by atoms with Gasteiger partial charge in [0.25, 0.3) is 0 Å². The summed E-state index contributed by atoms with van der Waals surface area (Å²) in [5, 5.41) is 20.7. The van der Waals surface area contributed by atoms with Crippen LogP contribution in [0.15, 0.2) is 0 Å². The molecular weight excluding hydrogens is 180 g/mol. The molecule has 1 fully saturated rings. The lowest BCUT2D eigenvalue weighted by Gasteiger charge is -2.20. The van der Waals surface area contributed by atoms with E-state index in [-0.39, 0.29) is 12.0 Å². The fraction of sp³-hybridized carbons (Fsp3) is 0.800. The van der Waals surface area contributed by atoms with Crippen LogP contribution in [0.1, 0.15) is 32.6 Å². The number of hydrogen-bond donors (Lipinski definition) is 2. The topological polar surface area (TPSA) is 73.1 Å². The average molecular weight is 196 g/mol. The van der Waals surface area contributed by atoms with Crippen molar-refractivity contribution in [1.82, 2.24) is 5.32 Å². The van der Waals surface area contributed by atoms with Gasteiger partial charge in [0.15, 0.2) is 0 Å². The largest absolute Gasteiger partial charge is 0.480 e. The van der Waals surface area contributed by atoms with Crippen LogP contribution in [0.3, 0.4) is 0 Å². The van der Waals surface area contributed by atoms with E-state index in [9.17, 15) is 4.79 Å². The Morgan fingerprint density at radius 2 is 2.43 bits per heavy atom. The number of nitrogens with zero attached hydrogens (tertiary/aromatic N) is 1. The van der Waals surface area contributed by atoms with Gasteiger partial charge in [-0.25, -0.2) is 0 Å². The summed E-state index contributed by atoms with van der Waals surface area (Å²) in [6.45, 7) is 1.84. The number of carboxylic acids is 1. The predicted octanol–water partition coefficient (Wildman–Crippen LogP) is 1.13. The molecule has 1 aliphatic carbocycles. The maximum absolute atomic E-state index is 10.8. The Morgan fingerprint density at radius 3 is 2.93 bits per heavy atom. The lowest BCUT2D eigenvalue weighted by Crippen LogP contribution is -2.44. The lowest BCUT2D eigenvalue weighted by molar-refractivity contribution is -0.139. The molecule has 0 amide bonds. The smallest absolute Gasteiger partial charge is 0.320 e. The summed E-state index contributed by atoms with van der Waals surface area (Å²) in [7, 11) is 0. The molecule has 0 saturated heterocycles. The molecule has 14 heavy (non-hydrogen) atoms. The van der Waals surface area contributed by atoms with Crippen molar-refractivity contribution in [2.45, 2.75) is 44.7 Å². The third kappa shape index (κ3) is 2.46. The molecule has 4 nitrogen and oxygen atoms in total. The molecule has 3 atom stereocenters. The van der Waals surface area contributed by atoms with Crippen molar-refractivity contribution >= 4 is 5.97 Å². The molecule has 0 aromatic heterocycles. The third-order valence-corrected chi connectivity index (χ3v) is 2.80. The van der Waals surface area contributed by atoms with Gasteiger partial charge in [0, 0.05) is 6.04 Å². The van der Waals surface area contributed by atoms with Gasteiger partial charge in [-0.3, -0.25) is 4.79 Å². The van der Waals surface area contributed by atoms with E-state index in [0.717, 1.165) is 19.3 Å². The van der Waals surface area contributed by atoms with Gasteiger partial charge in [0.1, 0.15) is 6.04 Å². The minimum absolute atomic E-state index is 0.0107. The second-order valence-electron chi connectivity index (χ2n) is 3.74. The number of carbonyl (C=O) groups is 1. The summed E-state index contributed by atoms with van der Waals surface area (Å²) in [5.41, 5.74) is 0. The third-order valence-electron chi connectivity index (χ3n) is 2.80. The Labute approximate surface area is 83.9 Å². The first kappa shape index (κ1) is 11.0. The molecule has 0 aromatic carbocycles. The number of carboxylic acid groups (broad SMARTS) is 1. The van der Waals surface area contributed by atoms with Gasteiger partial charge in [0.2, 0.25) is 0 Å². The minimum atomic E-state index is -0.823. The second-order valence-corrected chi connectivity index (χ2v) is 3.74.